The molecule has 0 spiro atoms. The van der Waals surface area contributed by atoms with Crippen molar-refractivity contribution in [2.24, 2.45) is 0 Å². The molecule has 0 aromatic heterocycles. The molecular weight excluding hydrogens is 298 g/mol. The fourth-order valence-electron chi connectivity index (χ4n) is 2.56. The van der Waals surface area contributed by atoms with E-state index in [0.717, 1.165) is 0 Å². The summed E-state index contributed by atoms with van der Waals surface area (Å²) in [6, 6.07) is 6.88. The van der Waals surface area contributed by atoms with E-state index in [1.54, 1.807) is 31.2 Å². The number of nitrogens with one attached hydrogen (secondary N) is 1. The van der Waals surface area contributed by atoms with Crippen molar-refractivity contribution in [2.75, 3.05) is 12.3 Å². The molecule has 1 aromatic carbocycles. The van der Waals surface area contributed by atoms with E-state index >= 15 is 0 Å². The molecule has 1 amide bonds. The van der Waals surface area contributed by atoms with Crippen molar-refractivity contribution in [3.63, 3.8) is 0 Å². The number of thiol groups is 1. The molecule has 0 bridgehead atoms. The molecule has 1 aliphatic carbocycles. The van der Waals surface area contributed by atoms with Crippen molar-refractivity contribution < 1.29 is 14.4 Å². The molecule has 1 N–H and O–H groups in total. The molecule has 0 aliphatic heterocycles. The van der Waals surface area contributed by atoms with Gasteiger partial charge in [-0.3, -0.25) is 14.4 Å². The van der Waals surface area contributed by atoms with Crippen molar-refractivity contribution in [1.82, 2.24) is 5.32 Å². The van der Waals surface area contributed by atoms with Crippen LogP contribution in [0.2, 0.25) is 0 Å². The second-order valence-corrected chi connectivity index (χ2v) is 5.68. The first-order valence-corrected chi connectivity index (χ1v) is 7.95. The van der Waals surface area contributed by atoms with Crippen molar-refractivity contribution in [3.05, 3.63) is 46.5 Å². The first-order chi connectivity index (χ1) is 10.6. The fourth-order valence-corrected chi connectivity index (χ4v) is 2.67. The van der Waals surface area contributed by atoms with E-state index < -0.39 is 0 Å². The lowest BCUT2D eigenvalue weighted by atomic mass is 9.83. The van der Waals surface area contributed by atoms with Gasteiger partial charge in [0, 0.05) is 41.0 Å². The molecule has 116 valence electrons. The zero-order chi connectivity index (χ0) is 16.1. The molecule has 0 atom stereocenters. The highest BCUT2D eigenvalue weighted by Gasteiger charge is 2.28. The summed E-state index contributed by atoms with van der Waals surface area (Å²) >= 11 is 4.03. The lowest BCUT2D eigenvalue weighted by molar-refractivity contribution is -0.121. The van der Waals surface area contributed by atoms with Gasteiger partial charge in [0.1, 0.15) is 0 Å². The van der Waals surface area contributed by atoms with E-state index in [1.165, 1.54) is 0 Å². The highest BCUT2D eigenvalue weighted by Crippen LogP contribution is 2.28. The summed E-state index contributed by atoms with van der Waals surface area (Å²) in [4.78, 5) is 36.4. The summed E-state index contributed by atoms with van der Waals surface area (Å²) in [6.07, 6.45) is 1.33. The third-order valence-corrected chi connectivity index (χ3v) is 3.97. The first-order valence-electron chi connectivity index (χ1n) is 7.32. The van der Waals surface area contributed by atoms with E-state index in [0.29, 0.717) is 53.8 Å². The molecule has 0 saturated carbocycles. The van der Waals surface area contributed by atoms with Crippen LogP contribution >= 0.6 is 12.6 Å². The number of Topliss-reactive ketones (excluding diaryl/α,β-unsaturated/α-hetero) is 2. The van der Waals surface area contributed by atoms with Gasteiger partial charge in [-0.2, -0.15) is 12.6 Å². The van der Waals surface area contributed by atoms with Crippen LogP contribution in [0.4, 0.5) is 0 Å². The molecule has 0 saturated heterocycles. The van der Waals surface area contributed by atoms with Crippen molar-refractivity contribution in [2.45, 2.75) is 26.2 Å². The van der Waals surface area contributed by atoms with Crippen LogP contribution in [-0.4, -0.2) is 29.8 Å². The number of amides is 1. The van der Waals surface area contributed by atoms with Gasteiger partial charge in [0.25, 0.3) is 0 Å². The largest absolute Gasteiger partial charge is 0.355 e. The van der Waals surface area contributed by atoms with Gasteiger partial charge >= 0.3 is 0 Å². The Hall–Kier alpha value is -1.88. The molecule has 22 heavy (non-hydrogen) atoms. The summed E-state index contributed by atoms with van der Waals surface area (Å²) in [5.41, 5.74) is 1.97. The third kappa shape index (κ3) is 3.47. The van der Waals surface area contributed by atoms with Gasteiger partial charge in [-0.25, -0.2) is 0 Å². The van der Waals surface area contributed by atoms with Crippen LogP contribution in [-0.2, 0) is 4.79 Å². The monoisotopic (exact) mass is 317 g/mol. The molecule has 0 unspecified atom stereocenters. The molecule has 1 aromatic rings. The summed E-state index contributed by atoms with van der Waals surface area (Å²) in [6.45, 7) is 2.22. The maximum absolute atomic E-state index is 12.5. The van der Waals surface area contributed by atoms with Crippen LogP contribution in [0.25, 0.3) is 0 Å². The maximum Gasteiger partial charge on any atom is 0.220 e. The van der Waals surface area contributed by atoms with E-state index in [-0.39, 0.29) is 17.5 Å². The lowest BCUT2D eigenvalue weighted by Gasteiger charge is -2.18. The number of carbonyl (C=O) groups excluding carboxylic acids is 3. The maximum atomic E-state index is 12.5. The van der Waals surface area contributed by atoms with Crippen molar-refractivity contribution in [3.8, 4) is 0 Å². The summed E-state index contributed by atoms with van der Waals surface area (Å²) in [5, 5.41) is 2.73. The Morgan fingerprint density at radius 2 is 1.77 bits per heavy atom. The Morgan fingerprint density at radius 3 is 2.41 bits per heavy atom. The Bertz CT molecular complexity index is 649. The standard InChI is InChI=1S/C17H19NO3S/c1-11-12(7-4-8-15(19)18-9-10-22)17(21)14-6-3-2-5-13(14)16(11)20/h2-3,5-6,22H,4,7-10H2,1H3,(H,18,19). The van der Waals surface area contributed by atoms with Gasteiger partial charge in [0.05, 0.1) is 0 Å². The van der Waals surface area contributed by atoms with Crippen molar-refractivity contribution in [1.29, 1.82) is 0 Å². The van der Waals surface area contributed by atoms with Gasteiger partial charge in [-0.05, 0) is 19.8 Å². The Labute approximate surface area is 135 Å². The minimum Gasteiger partial charge on any atom is -0.355 e. The van der Waals surface area contributed by atoms with Crippen LogP contribution in [0, 0.1) is 0 Å². The van der Waals surface area contributed by atoms with E-state index in [1.807, 2.05) is 0 Å². The van der Waals surface area contributed by atoms with Crippen LogP contribution < -0.4 is 5.32 Å². The predicted molar refractivity (Wildman–Crippen MR) is 88.5 cm³/mol. The predicted octanol–water partition coefficient (Wildman–Crippen LogP) is 2.60. The number of carbonyl (C=O) groups is 3. The number of hydrogen-bond donors (Lipinski definition) is 2. The Kier molecular flexibility index (Phi) is 5.55. The SMILES string of the molecule is CC1=C(CCCC(=O)NCCS)C(=O)c2ccccc2C1=O. The molecule has 0 heterocycles. The molecular formula is C17H19NO3S. The Balaban J connectivity index is 2.05. The fraction of sp³-hybridized carbons (Fsp3) is 0.353. The van der Waals surface area contributed by atoms with Gasteiger partial charge in [-0.1, -0.05) is 24.3 Å². The molecule has 1 aliphatic rings. The topological polar surface area (TPSA) is 63.2 Å². The molecule has 0 fully saturated rings. The van der Waals surface area contributed by atoms with Gasteiger partial charge in [0.15, 0.2) is 11.6 Å². The van der Waals surface area contributed by atoms with Gasteiger partial charge < -0.3 is 5.32 Å². The number of ketones is 2. The smallest absolute Gasteiger partial charge is 0.220 e. The summed E-state index contributed by atoms with van der Waals surface area (Å²) in [5.74, 6) is 0.357. The second kappa shape index (κ2) is 7.40. The number of allylic oxidation sites excluding steroid dienone is 2. The lowest BCUT2D eigenvalue weighted by Crippen LogP contribution is -2.25. The summed E-state index contributed by atoms with van der Waals surface area (Å²) in [7, 11) is 0. The van der Waals surface area contributed by atoms with Crippen LogP contribution in [0.15, 0.2) is 35.4 Å². The number of benzene rings is 1. The number of rotatable bonds is 6. The van der Waals surface area contributed by atoms with Crippen LogP contribution in [0.5, 0.6) is 0 Å². The Morgan fingerprint density at radius 1 is 1.14 bits per heavy atom. The minimum atomic E-state index is -0.0940. The average Bonchev–Trinajstić information content (AvgIpc) is 2.54. The van der Waals surface area contributed by atoms with Crippen LogP contribution in [0.1, 0.15) is 46.9 Å². The van der Waals surface area contributed by atoms with Gasteiger partial charge in [-0.15, -0.1) is 0 Å². The third-order valence-electron chi connectivity index (χ3n) is 3.75. The minimum absolute atomic E-state index is 0.0534. The second-order valence-electron chi connectivity index (χ2n) is 5.23. The van der Waals surface area contributed by atoms with Gasteiger partial charge in [0.2, 0.25) is 5.91 Å². The number of hydrogen-bond acceptors (Lipinski definition) is 4. The highest BCUT2D eigenvalue weighted by molar-refractivity contribution is 7.80. The quantitative estimate of drug-likeness (QED) is 0.793. The van der Waals surface area contributed by atoms with E-state index in [4.69, 9.17) is 0 Å². The zero-order valence-electron chi connectivity index (χ0n) is 12.5. The normalized spacial score (nSPS) is 14.1. The van der Waals surface area contributed by atoms with Crippen molar-refractivity contribution >= 4 is 30.1 Å². The molecule has 2 rings (SSSR count). The molecule has 4 nitrogen and oxygen atoms in total. The van der Waals surface area contributed by atoms with Crippen LogP contribution in [0.3, 0.4) is 0 Å². The average molecular weight is 317 g/mol. The molecule has 0 radical (unpaired) electrons. The summed E-state index contributed by atoms with van der Waals surface area (Å²) < 4.78 is 0. The zero-order valence-corrected chi connectivity index (χ0v) is 13.4. The first kappa shape index (κ1) is 16.5. The molecule has 5 heteroatoms. The number of fused-ring (bicyclic) bond motifs is 1. The van der Waals surface area contributed by atoms with E-state index in [9.17, 15) is 14.4 Å². The van der Waals surface area contributed by atoms with E-state index in [2.05, 4.69) is 17.9 Å². The highest BCUT2D eigenvalue weighted by atomic mass is 32.1.